The largest absolute Gasteiger partial charge is 0.489 e. The summed E-state index contributed by atoms with van der Waals surface area (Å²) < 4.78 is 5.79. The highest BCUT2D eigenvalue weighted by atomic mass is 16.5. The lowest BCUT2D eigenvalue weighted by Crippen LogP contribution is -1.97. The minimum Gasteiger partial charge on any atom is -0.489 e. The van der Waals surface area contributed by atoms with Crippen LogP contribution in [0.15, 0.2) is 42.5 Å². The third-order valence-corrected chi connectivity index (χ3v) is 2.79. The summed E-state index contributed by atoms with van der Waals surface area (Å²) in [6, 6.07) is 15.8. The van der Waals surface area contributed by atoms with Crippen LogP contribution in [0.2, 0.25) is 0 Å². The number of hydrogen-bond acceptors (Lipinski definition) is 2. The van der Waals surface area contributed by atoms with E-state index in [1.807, 2.05) is 38.1 Å². The van der Waals surface area contributed by atoms with Gasteiger partial charge in [-0.25, -0.2) is 0 Å². The summed E-state index contributed by atoms with van der Waals surface area (Å²) in [6.07, 6.45) is 0. The van der Waals surface area contributed by atoms with Gasteiger partial charge >= 0.3 is 0 Å². The van der Waals surface area contributed by atoms with Crippen molar-refractivity contribution in [1.29, 1.82) is 5.26 Å². The van der Waals surface area contributed by atoms with Gasteiger partial charge < -0.3 is 4.74 Å². The third kappa shape index (κ3) is 2.89. The Balaban J connectivity index is 2.11. The first-order valence-electron chi connectivity index (χ1n) is 5.88. The Morgan fingerprint density at radius 2 is 1.94 bits per heavy atom. The van der Waals surface area contributed by atoms with Gasteiger partial charge in [0.05, 0.1) is 11.6 Å². The summed E-state index contributed by atoms with van der Waals surface area (Å²) in [7, 11) is 0. The van der Waals surface area contributed by atoms with Crippen LogP contribution in [0.25, 0.3) is 0 Å². The molecule has 0 saturated heterocycles. The molecule has 0 spiro atoms. The van der Waals surface area contributed by atoms with Gasteiger partial charge in [0.1, 0.15) is 12.4 Å². The van der Waals surface area contributed by atoms with Gasteiger partial charge in [-0.3, -0.25) is 0 Å². The lowest BCUT2D eigenvalue weighted by atomic mass is 10.1. The van der Waals surface area contributed by atoms with E-state index < -0.39 is 0 Å². The molecule has 0 radical (unpaired) electrons. The summed E-state index contributed by atoms with van der Waals surface area (Å²) in [5.41, 5.74) is 3.98. The summed E-state index contributed by atoms with van der Waals surface area (Å²) in [4.78, 5) is 0. The molecule has 2 aromatic rings. The van der Waals surface area contributed by atoms with E-state index in [0.29, 0.717) is 12.2 Å². The SMILES string of the molecule is Cc1ccc(C)c(OCc2cccc(C#N)c2)c1. The van der Waals surface area contributed by atoms with Crippen LogP contribution in [-0.2, 0) is 6.61 Å². The second kappa shape index (κ2) is 5.37. The van der Waals surface area contributed by atoms with Crippen LogP contribution in [0, 0.1) is 25.2 Å². The molecule has 2 heteroatoms. The second-order valence-electron chi connectivity index (χ2n) is 4.37. The lowest BCUT2D eigenvalue weighted by Gasteiger charge is -2.10. The van der Waals surface area contributed by atoms with E-state index in [1.54, 1.807) is 6.07 Å². The Morgan fingerprint density at radius 1 is 1.11 bits per heavy atom. The number of nitriles is 1. The highest BCUT2D eigenvalue weighted by molar-refractivity contribution is 5.37. The van der Waals surface area contributed by atoms with Crippen LogP contribution in [0.3, 0.4) is 0 Å². The zero-order chi connectivity index (χ0) is 13.0. The van der Waals surface area contributed by atoms with E-state index in [-0.39, 0.29) is 0 Å². The number of aryl methyl sites for hydroxylation is 2. The molecule has 0 saturated carbocycles. The Hall–Kier alpha value is -2.27. The quantitative estimate of drug-likeness (QED) is 0.814. The third-order valence-electron chi connectivity index (χ3n) is 2.79. The van der Waals surface area contributed by atoms with Crippen molar-refractivity contribution >= 4 is 0 Å². The predicted molar refractivity (Wildman–Crippen MR) is 71.4 cm³/mol. The Bertz CT molecular complexity index is 596. The molecule has 0 atom stereocenters. The molecule has 0 fully saturated rings. The molecule has 0 heterocycles. The van der Waals surface area contributed by atoms with Gasteiger partial charge in [0, 0.05) is 0 Å². The van der Waals surface area contributed by atoms with E-state index in [9.17, 15) is 0 Å². The monoisotopic (exact) mass is 237 g/mol. The average Bonchev–Trinajstić information content (AvgIpc) is 2.40. The van der Waals surface area contributed by atoms with Gasteiger partial charge in [-0.15, -0.1) is 0 Å². The van der Waals surface area contributed by atoms with Gasteiger partial charge in [-0.1, -0.05) is 24.3 Å². The molecule has 0 aliphatic rings. The summed E-state index contributed by atoms with van der Waals surface area (Å²) in [5, 5.41) is 8.84. The van der Waals surface area contributed by atoms with Crippen molar-refractivity contribution < 1.29 is 4.74 Å². The predicted octanol–water partition coefficient (Wildman–Crippen LogP) is 3.75. The highest BCUT2D eigenvalue weighted by Crippen LogP contribution is 2.20. The van der Waals surface area contributed by atoms with Crippen molar-refractivity contribution in [2.75, 3.05) is 0 Å². The first kappa shape index (κ1) is 12.2. The van der Waals surface area contributed by atoms with E-state index in [2.05, 4.69) is 18.2 Å². The number of ether oxygens (including phenoxy) is 1. The fraction of sp³-hybridized carbons (Fsp3) is 0.188. The molecule has 18 heavy (non-hydrogen) atoms. The zero-order valence-electron chi connectivity index (χ0n) is 10.6. The van der Waals surface area contributed by atoms with Gasteiger partial charge in [0.25, 0.3) is 0 Å². The number of nitrogens with zero attached hydrogens (tertiary/aromatic N) is 1. The first-order chi connectivity index (χ1) is 8.69. The number of benzene rings is 2. The zero-order valence-corrected chi connectivity index (χ0v) is 10.6. The number of rotatable bonds is 3. The van der Waals surface area contributed by atoms with Crippen LogP contribution in [0.4, 0.5) is 0 Å². The Morgan fingerprint density at radius 3 is 2.72 bits per heavy atom. The van der Waals surface area contributed by atoms with Crippen molar-refractivity contribution in [3.05, 3.63) is 64.7 Å². The highest BCUT2D eigenvalue weighted by Gasteiger charge is 2.01. The minimum atomic E-state index is 0.486. The van der Waals surface area contributed by atoms with Crippen LogP contribution in [0.5, 0.6) is 5.75 Å². The smallest absolute Gasteiger partial charge is 0.122 e. The van der Waals surface area contributed by atoms with Crippen LogP contribution in [-0.4, -0.2) is 0 Å². The maximum Gasteiger partial charge on any atom is 0.122 e. The van der Waals surface area contributed by atoms with Crippen molar-refractivity contribution in [3.8, 4) is 11.8 Å². The molecule has 0 N–H and O–H groups in total. The van der Waals surface area contributed by atoms with Crippen LogP contribution >= 0.6 is 0 Å². The lowest BCUT2D eigenvalue weighted by molar-refractivity contribution is 0.304. The molecule has 2 rings (SSSR count). The van der Waals surface area contributed by atoms with Gasteiger partial charge in [0.2, 0.25) is 0 Å². The van der Waals surface area contributed by atoms with Crippen molar-refractivity contribution in [1.82, 2.24) is 0 Å². The molecule has 0 unspecified atom stereocenters. The van der Waals surface area contributed by atoms with Gasteiger partial charge in [0.15, 0.2) is 0 Å². The number of hydrogen-bond donors (Lipinski definition) is 0. The summed E-state index contributed by atoms with van der Waals surface area (Å²) in [5.74, 6) is 0.900. The van der Waals surface area contributed by atoms with E-state index >= 15 is 0 Å². The van der Waals surface area contributed by atoms with Gasteiger partial charge in [-0.2, -0.15) is 5.26 Å². The Labute approximate surface area is 107 Å². The van der Waals surface area contributed by atoms with E-state index in [0.717, 1.165) is 16.9 Å². The molecule has 0 bridgehead atoms. The second-order valence-corrected chi connectivity index (χ2v) is 4.37. The first-order valence-corrected chi connectivity index (χ1v) is 5.88. The molecule has 0 aromatic heterocycles. The van der Waals surface area contributed by atoms with Gasteiger partial charge in [-0.05, 0) is 48.7 Å². The fourth-order valence-electron chi connectivity index (χ4n) is 1.75. The molecular weight excluding hydrogens is 222 g/mol. The fourth-order valence-corrected chi connectivity index (χ4v) is 1.75. The van der Waals surface area contributed by atoms with E-state index in [1.165, 1.54) is 5.56 Å². The normalized spacial score (nSPS) is 9.83. The molecular formula is C16H15NO. The average molecular weight is 237 g/mol. The van der Waals surface area contributed by atoms with Crippen LogP contribution in [0.1, 0.15) is 22.3 Å². The van der Waals surface area contributed by atoms with Crippen LogP contribution < -0.4 is 4.74 Å². The van der Waals surface area contributed by atoms with E-state index in [4.69, 9.17) is 10.00 Å². The standard InChI is InChI=1S/C16H15NO/c1-12-6-7-13(2)16(8-12)18-11-15-5-3-4-14(9-15)10-17/h3-9H,11H2,1-2H3. The minimum absolute atomic E-state index is 0.486. The van der Waals surface area contributed by atoms with Crippen molar-refractivity contribution in [3.63, 3.8) is 0 Å². The molecule has 0 amide bonds. The molecule has 2 aromatic carbocycles. The van der Waals surface area contributed by atoms with Crippen molar-refractivity contribution in [2.24, 2.45) is 0 Å². The maximum atomic E-state index is 8.84. The van der Waals surface area contributed by atoms with Crippen molar-refractivity contribution in [2.45, 2.75) is 20.5 Å². The molecule has 0 aliphatic carbocycles. The summed E-state index contributed by atoms with van der Waals surface area (Å²) in [6.45, 7) is 4.56. The maximum absolute atomic E-state index is 8.84. The topological polar surface area (TPSA) is 33.0 Å². The molecule has 0 aliphatic heterocycles. The Kier molecular flexibility index (Phi) is 3.64. The molecule has 90 valence electrons. The summed E-state index contributed by atoms with van der Waals surface area (Å²) >= 11 is 0. The molecule has 2 nitrogen and oxygen atoms in total.